The third kappa shape index (κ3) is 1.65. The van der Waals surface area contributed by atoms with Gasteiger partial charge < -0.3 is 9.47 Å². The lowest BCUT2D eigenvalue weighted by Gasteiger charge is -2.08. The zero-order valence-electron chi connectivity index (χ0n) is 8.13. The van der Waals surface area contributed by atoms with E-state index in [4.69, 9.17) is 22.3 Å². The summed E-state index contributed by atoms with van der Waals surface area (Å²) < 4.78 is 10.2. The molecule has 1 rings (SSSR count). The lowest BCUT2D eigenvalue weighted by atomic mass is 10.1. The molecule has 0 radical (unpaired) electrons. The highest BCUT2D eigenvalue weighted by Crippen LogP contribution is 2.29. The molecule has 0 bridgehead atoms. The predicted octanol–water partition coefficient (Wildman–Crippen LogP) is 1.67. The average Bonchev–Trinajstić information content (AvgIpc) is 2.26. The smallest absolute Gasteiger partial charge is 0.162 e. The summed E-state index contributed by atoms with van der Waals surface area (Å²) >= 11 is 0. The third-order valence-electron chi connectivity index (χ3n) is 1.83. The number of hydrogen-bond donors (Lipinski definition) is 0. The summed E-state index contributed by atoms with van der Waals surface area (Å²) in [5.41, 5.74) is 1.26. The molecule has 1 aromatic carbocycles. The van der Waals surface area contributed by atoms with Crippen LogP contribution >= 0.6 is 0 Å². The highest BCUT2D eigenvalue weighted by Gasteiger charge is 2.07. The van der Waals surface area contributed by atoms with Gasteiger partial charge in [0.2, 0.25) is 0 Å². The van der Waals surface area contributed by atoms with E-state index < -0.39 is 0 Å². The second-order valence-electron chi connectivity index (χ2n) is 2.54. The van der Waals surface area contributed by atoms with E-state index in [2.05, 4.69) is 11.8 Å². The Kier molecular flexibility index (Phi) is 3.05. The lowest BCUT2D eigenvalue weighted by molar-refractivity contribution is 0.355. The van der Waals surface area contributed by atoms with E-state index in [-0.39, 0.29) is 0 Å². The number of benzene rings is 1. The van der Waals surface area contributed by atoms with E-state index >= 15 is 0 Å². The summed E-state index contributed by atoms with van der Waals surface area (Å²) in [6, 6.07) is 3.38. The van der Waals surface area contributed by atoms with Gasteiger partial charge in [0, 0.05) is 23.3 Å². The van der Waals surface area contributed by atoms with Gasteiger partial charge in [-0.1, -0.05) is 11.8 Å². The molecule has 0 saturated heterocycles. The molecule has 0 spiro atoms. The van der Waals surface area contributed by atoms with Gasteiger partial charge in [0.15, 0.2) is 11.5 Å². The number of methoxy groups -OCH3 is 2. The molecule has 0 N–H and O–H groups in total. The molecule has 0 atom stereocenters. The van der Waals surface area contributed by atoms with Gasteiger partial charge in [-0.15, -0.1) is 12.8 Å². The van der Waals surface area contributed by atoms with Crippen molar-refractivity contribution in [2.75, 3.05) is 14.2 Å². The van der Waals surface area contributed by atoms with Crippen molar-refractivity contribution in [2.45, 2.75) is 0 Å². The van der Waals surface area contributed by atoms with Gasteiger partial charge in [-0.05, 0) is 0 Å². The monoisotopic (exact) mass is 186 g/mol. The normalized spacial score (nSPS) is 8.57. The number of terminal acetylenes is 2. The van der Waals surface area contributed by atoms with Crippen LogP contribution in [0, 0.1) is 24.7 Å². The first-order chi connectivity index (χ1) is 6.76. The third-order valence-corrected chi connectivity index (χ3v) is 1.83. The maximum Gasteiger partial charge on any atom is 0.162 e. The van der Waals surface area contributed by atoms with Crippen molar-refractivity contribution in [3.05, 3.63) is 23.3 Å². The second-order valence-corrected chi connectivity index (χ2v) is 2.54. The van der Waals surface area contributed by atoms with Crippen LogP contribution in [0.4, 0.5) is 0 Å². The van der Waals surface area contributed by atoms with Crippen molar-refractivity contribution < 1.29 is 9.47 Å². The molecular weight excluding hydrogens is 176 g/mol. The van der Waals surface area contributed by atoms with Gasteiger partial charge in [0.1, 0.15) is 0 Å². The maximum absolute atomic E-state index is 5.30. The van der Waals surface area contributed by atoms with Crippen LogP contribution in [0.1, 0.15) is 11.1 Å². The molecule has 0 aliphatic carbocycles. The summed E-state index contributed by atoms with van der Waals surface area (Å²) in [5, 5.41) is 0. The van der Waals surface area contributed by atoms with Crippen LogP contribution < -0.4 is 9.47 Å². The van der Waals surface area contributed by atoms with E-state index in [1.807, 2.05) is 0 Å². The van der Waals surface area contributed by atoms with E-state index in [0.717, 1.165) is 0 Å². The maximum atomic E-state index is 5.30. The summed E-state index contributed by atoms with van der Waals surface area (Å²) in [6.45, 7) is 0. The first-order valence-electron chi connectivity index (χ1n) is 3.96. The molecule has 1 aromatic rings. The molecule has 70 valence electrons. The molecule has 0 aromatic heterocycles. The summed E-state index contributed by atoms with van der Waals surface area (Å²) in [6.07, 6.45) is 10.6. The lowest BCUT2D eigenvalue weighted by Crippen LogP contribution is -1.93. The fraction of sp³-hybridized carbons (Fsp3) is 0.167. The minimum atomic E-state index is 0.583. The van der Waals surface area contributed by atoms with Gasteiger partial charge in [0.25, 0.3) is 0 Å². The van der Waals surface area contributed by atoms with Gasteiger partial charge in [-0.2, -0.15) is 0 Å². The molecule has 2 heteroatoms. The van der Waals surface area contributed by atoms with Crippen molar-refractivity contribution >= 4 is 0 Å². The van der Waals surface area contributed by atoms with E-state index in [9.17, 15) is 0 Å². The Bertz CT molecular complexity index is 378. The molecule has 0 amide bonds. The van der Waals surface area contributed by atoms with Crippen LogP contribution in [0.5, 0.6) is 11.5 Å². The summed E-state index contributed by atoms with van der Waals surface area (Å²) in [4.78, 5) is 0. The van der Waals surface area contributed by atoms with Crippen molar-refractivity contribution in [1.82, 2.24) is 0 Å². The van der Waals surface area contributed by atoms with Gasteiger partial charge in [-0.3, -0.25) is 0 Å². The predicted molar refractivity (Wildman–Crippen MR) is 55.4 cm³/mol. The van der Waals surface area contributed by atoms with Crippen LogP contribution in [-0.2, 0) is 0 Å². The largest absolute Gasteiger partial charge is 0.493 e. The van der Waals surface area contributed by atoms with Crippen LogP contribution in [0.25, 0.3) is 0 Å². The van der Waals surface area contributed by atoms with Crippen LogP contribution in [-0.4, -0.2) is 14.2 Å². The minimum absolute atomic E-state index is 0.583. The average molecular weight is 186 g/mol. The highest BCUT2D eigenvalue weighted by molar-refractivity contribution is 5.57. The van der Waals surface area contributed by atoms with Gasteiger partial charge in [0.05, 0.1) is 14.2 Å². The fourth-order valence-corrected chi connectivity index (χ4v) is 1.12. The molecule has 0 fully saturated rings. The Hall–Kier alpha value is -2.06. The fourth-order valence-electron chi connectivity index (χ4n) is 1.12. The highest BCUT2D eigenvalue weighted by atomic mass is 16.5. The zero-order chi connectivity index (χ0) is 10.6. The Morgan fingerprint density at radius 2 is 1.29 bits per heavy atom. The van der Waals surface area contributed by atoms with E-state index in [1.54, 1.807) is 26.4 Å². The first kappa shape index (κ1) is 10.0. The molecule has 0 aliphatic heterocycles. The van der Waals surface area contributed by atoms with Crippen LogP contribution in [0.3, 0.4) is 0 Å². The summed E-state index contributed by atoms with van der Waals surface area (Å²) in [7, 11) is 3.10. The number of ether oxygens (including phenoxy) is 2. The quantitative estimate of drug-likeness (QED) is 0.654. The first-order valence-corrected chi connectivity index (χ1v) is 3.96. The van der Waals surface area contributed by atoms with Crippen molar-refractivity contribution in [3.63, 3.8) is 0 Å². The molecule has 2 nitrogen and oxygen atoms in total. The number of rotatable bonds is 2. The van der Waals surface area contributed by atoms with Crippen LogP contribution in [0.15, 0.2) is 12.1 Å². The van der Waals surface area contributed by atoms with Crippen molar-refractivity contribution in [1.29, 1.82) is 0 Å². The van der Waals surface area contributed by atoms with E-state index in [0.29, 0.717) is 22.6 Å². The Labute approximate surface area is 83.8 Å². The SMILES string of the molecule is C#Cc1cc(OC)c(OC)cc1C#C. The topological polar surface area (TPSA) is 18.5 Å². The molecule has 0 aliphatic rings. The Morgan fingerprint density at radius 1 is 0.929 bits per heavy atom. The summed E-state index contributed by atoms with van der Waals surface area (Å²) in [5.74, 6) is 6.15. The molecule has 0 heterocycles. The van der Waals surface area contributed by atoms with E-state index in [1.165, 1.54) is 0 Å². The number of hydrogen-bond acceptors (Lipinski definition) is 2. The molecule has 0 unspecified atom stereocenters. The molecule has 0 saturated carbocycles. The van der Waals surface area contributed by atoms with Crippen molar-refractivity contribution in [3.8, 4) is 36.2 Å². The minimum Gasteiger partial charge on any atom is -0.493 e. The Morgan fingerprint density at radius 3 is 1.50 bits per heavy atom. The van der Waals surface area contributed by atoms with Gasteiger partial charge >= 0.3 is 0 Å². The van der Waals surface area contributed by atoms with Crippen molar-refractivity contribution in [2.24, 2.45) is 0 Å². The molecule has 14 heavy (non-hydrogen) atoms. The van der Waals surface area contributed by atoms with Crippen LogP contribution in [0.2, 0.25) is 0 Å². The Balaban J connectivity index is 3.39. The molecular formula is C12H10O2. The zero-order valence-corrected chi connectivity index (χ0v) is 8.13. The second kappa shape index (κ2) is 4.25. The standard InChI is InChI=1S/C12H10O2/c1-5-9-7-11(13-3)12(14-4)8-10(9)6-2/h1-2,7-8H,3-4H3. The van der Waals surface area contributed by atoms with Gasteiger partial charge in [-0.25, -0.2) is 0 Å².